The second kappa shape index (κ2) is 11.2. The Labute approximate surface area is 199 Å². The van der Waals surface area contributed by atoms with Crippen LogP contribution in [0, 0.1) is 0 Å². The summed E-state index contributed by atoms with van der Waals surface area (Å²) in [6.45, 7) is 2.20. The van der Waals surface area contributed by atoms with E-state index < -0.39 is 6.03 Å². The van der Waals surface area contributed by atoms with Gasteiger partial charge in [0.15, 0.2) is 0 Å². The zero-order valence-electron chi connectivity index (χ0n) is 19.2. The van der Waals surface area contributed by atoms with Gasteiger partial charge in [0, 0.05) is 49.1 Å². The lowest BCUT2D eigenvalue weighted by atomic mass is 10.1. The smallest absolute Gasteiger partial charge is 0.323 e. The Kier molecular flexibility index (Phi) is 7.60. The molecule has 0 spiro atoms. The summed E-state index contributed by atoms with van der Waals surface area (Å²) in [4.78, 5) is 32.1. The van der Waals surface area contributed by atoms with Gasteiger partial charge in [-0.2, -0.15) is 0 Å². The molecule has 0 radical (unpaired) electrons. The van der Waals surface area contributed by atoms with Gasteiger partial charge in [0.25, 0.3) is 5.91 Å². The van der Waals surface area contributed by atoms with Crippen LogP contribution in [0.1, 0.15) is 35.2 Å². The number of urea groups is 1. The molecule has 1 aliphatic rings. The number of piperidine rings is 1. The van der Waals surface area contributed by atoms with E-state index in [0.29, 0.717) is 29.2 Å². The van der Waals surface area contributed by atoms with Crippen molar-refractivity contribution in [3.05, 3.63) is 78.1 Å². The van der Waals surface area contributed by atoms with Crippen LogP contribution >= 0.6 is 0 Å². The molecule has 0 atom stereocenters. The van der Waals surface area contributed by atoms with Crippen LogP contribution in [-0.2, 0) is 6.54 Å². The lowest BCUT2D eigenvalue weighted by Crippen LogP contribution is -2.33. The number of amides is 3. The molecule has 0 aliphatic carbocycles. The molecule has 1 fully saturated rings. The van der Waals surface area contributed by atoms with Crippen molar-refractivity contribution >= 4 is 29.0 Å². The van der Waals surface area contributed by atoms with Crippen molar-refractivity contribution in [1.82, 2.24) is 10.3 Å². The molecule has 3 amide bonds. The third kappa shape index (κ3) is 6.04. The minimum Gasteiger partial charge on any atom is -0.497 e. The number of carbonyl (C=O) groups is 2. The van der Waals surface area contributed by atoms with E-state index in [1.807, 2.05) is 24.3 Å². The molecular weight excluding hydrogens is 430 g/mol. The van der Waals surface area contributed by atoms with Crippen LogP contribution in [0.25, 0.3) is 0 Å². The second-order valence-electron chi connectivity index (χ2n) is 8.13. The van der Waals surface area contributed by atoms with Gasteiger partial charge in [-0.05, 0) is 73.4 Å². The summed E-state index contributed by atoms with van der Waals surface area (Å²) in [6.07, 6.45) is 6.82. The zero-order valence-corrected chi connectivity index (χ0v) is 19.2. The van der Waals surface area contributed by atoms with Gasteiger partial charge in [-0.25, -0.2) is 4.79 Å². The number of benzene rings is 2. The molecule has 3 N–H and O–H groups in total. The van der Waals surface area contributed by atoms with Crippen molar-refractivity contribution in [1.29, 1.82) is 0 Å². The molecule has 1 saturated heterocycles. The first-order valence-electron chi connectivity index (χ1n) is 11.4. The lowest BCUT2D eigenvalue weighted by Gasteiger charge is -2.30. The van der Waals surface area contributed by atoms with Crippen LogP contribution in [-0.4, -0.2) is 37.1 Å². The number of nitrogens with one attached hydrogen (secondary N) is 3. The van der Waals surface area contributed by atoms with Crippen molar-refractivity contribution < 1.29 is 14.3 Å². The van der Waals surface area contributed by atoms with Crippen molar-refractivity contribution in [3.63, 3.8) is 0 Å². The fourth-order valence-electron chi connectivity index (χ4n) is 3.95. The van der Waals surface area contributed by atoms with Crippen LogP contribution in [0.5, 0.6) is 5.75 Å². The Morgan fingerprint density at radius 1 is 0.971 bits per heavy atom. The summed E-state index contributed by atoms with van der Waals surface area (Å²) in [5, 5.41) is 8.60. The van der Waals surface area contributed by atoms with Crippen LogP contribution in [0.3, 0.4) is 0 Å². The highest BCUT2D eigenvalue weighted by Gasteiger charge is 2.20. The number of hydrogen-bond acceptors (Lipinski definition) is 5. The fourth-order valence-corrected chi connectivity index (χ4v) is 3.95. The number of hydrogen-bond donors (Lipinski definition) is 3. The highest BCUT2D eigenvalue weighted by atomic mass is 16.5. The lowest BCUT2D eigenvalue weighted by molar-refractivity contribution is 0.0951. The third-order valence-corrected chi connectivity index (χ3v) is 5.72. The highest BCUT2D eigenvalue weighted by molar-refractivity contribution is 6.04. The molecule has 2 aromatic carbocycles. The van der Waals surface area contributed by atoms with Crippen LogP contribution in [0.4, 0.5) is 21.9 Å². The monoisotopic (exact) mass is 459 g/mol. The maximum absolute atomic E-state index is 13.2. The van der Waals surface area contributed by atoms with Crippen LogP contribution in [0.15, 0.2) is 67.0 Å². The quantitative estimate of drug-likeness (QED) is 0.478. The van der Waals surface area contributed by atoms with Gasteiger partial charge in [-0.1, -0.05) is 6.07 Å². The van der Waals surface area contributed by atoms with E-state index >= 15 is 0 Å². The number of rotatable bonds is 7. The topological polar surface area (TPSA) is 95.6 Å². The molecule has 1 aliphatic heterocycles. The molecule has 8 heteroatoms. The van der Waals surface area contributed by atoms with Gasteiger partial charge in [0.2, 0.25) is 0 Å². The number of anilines is 3. The van der Waals surface area contributed by atoms with Gasteiger partial charge in [0.05, 0.1) is 12.7 Å². The van der Waals surface area contributed by atoms with Gasteiger partial charge in [-0.3, -0.25) is 9.78 Å². The van der Waals surface area contributed by atoms with E-state index in [4.69, 9.17) is 4.74 Å². The van der Waals surface area contributed by atoms with Gasteiger partial charge < -0.3 is 25.6 Å². The number of nitrogens with zero attached hydrogens (tertiary/aromatic N) is 2. The standard InChI is InChI=1S/C26H29N5O3/c1-34-22-10-7-20(8-11-22)29-26(33)30-21-9-12-24(31-14-3-2-4-15-31)23(16-21)25(32)28-18-19-6-5-13-27-17-19/h5-13,16-17H,2-4,14-15,18H2,1H3,(H,28,32)(H2,29,30,33). The summed E-state index contributed by atoms with van der Waals surface area (Å²) in [6, 6.07) is 15.9. The molecule has 176 valence electrons. The summed E-state index contributed by atoms with van der Waals surface area (Å²) >= 11 is 0. The average Bonchev–Trinajstić information content (AvgIpc) is 2.89. The van der Waals surface area contributed by atoms with Crippen molar-refractivity contribution in [3.8, 4) is 5.75 Å². The number of pyridine rings is 1. The molecule has 0 unspecified atom stereocenters. The van der Waals surface area contributed by atoms with Gasteiger partial charge >= 0.3 is 6.03 Å². The predicted molar refractivity (Wildman–Crippen MR) is 134 cm³/mol. The first kappa shape index (κ1) is 23.1. The Hall–Kier alpha value is -4.07. The molecule has 8 nitrogen and oxygen atoms in total. The Morgan fingerprint density at radius 2 is 1.71 bits per heavy atom. The largest absolute Gasteiger partial charge is 0.497 e. The van der Waals surface area contributed by atoms with Crippen molar-refractivity contribution in [2.24, 2.45) is 0 Å². The van der Waals surface area contributed by atoms with E-state index in [1.165, 1.54) is 6.42 Å². The number of methoxy groups -OCH3 is 1. The molecular formula is C26H29N5O3. The summed E-state index contributed by atoms with van der Waals surface area (Å²) in [7, 11) is 1.59. The van der Waals surface area contributed by atoms with Crippen molar-refractivity contribution in [2.45, 2.75) is 25.8 Å². The summed E-state index contributed by atoms with van der Waals surface area (Å²) < 4.78 is 5.14. The number of ether oxygens (including phenoxy) is 1. The molecule has 4 rings (SSSR count). The Morgan fingerprint density at radius 3 is 2.41 bits per heavy atom. The molecule has 0 saturated carbocycles. The SMILES string of the molecule is COc1ccc(NC(=O)Nc2ccc(N3CCCCC3)c(C(=O)NCc3cccnc3)c2)cc1. The molecule has 34 heavy (non-hydrogen) atoms. The van der Waals surface area contributed by atoms with Gasteiger partial charge in [-0.15, -0.1) is 0 Å². The van der Waals surface area contributed by atoms with Crippen LogP contribution in [0.2, 0.25) is 0 Å². The average molecular weight is 460 g/mol. The van der Waals surface area contributed by atoms with E-state index in [-0.39, 0.29) is 5.91 Å². The predicted octanol–water partition coefficient (Wildman–Crippen LogP) is 4.65. The Bertz CT molecular complexity index is 1110. The molecule has 3 aromatic rings. The highest BCUT2D eigenvalue weighted by Crippen LogP contribution is 2.27. The minimum absolute atomic E-state index is 0.191. The second-order valence-corrected chi connectivity index (χ2v) is 8.13. The maximum Gasteiger partial charge on any atom is 0.323 e. The van der Waals surface area contributed by atoms with E-state index in [1.54, 1.807) is 49.8 Å². The number of carbonyl (C=O) groups excluding carboxylic acids is 2. The maximum atomic E-state index is 13.2. The number of aromatic nitrogens is 1. The normalized spacial score (nSPS) is 13.1. The van der Waals surface area contributed by atoms with E-state index in [0.717, 1.165) is 37.2 Å². The molecule has 2 heterocycles. The summed E-state index contributed by atoms with van der Waals surface area (Å²) in [5.41, 5.74) is 3.51. The minimum atomic E-state index is -0.391. The Balaban J connectivity index is 1.49. The molecule has 1 aromatic heterocycles. The summed E-state index contributed by atoms with van der Waals surface area (Å²) in [5.74, 6) is 0.518. The van der Waals surface area contributed by atoms with E-state index in [9.17, 15) is 9.59 Å². The first-order valence-corrected chi connectivity index (χ1v) is 11.4. The van der Waals surface area contributed by atoms with Gasteiger partial charge in [0.1, 0.15) is 5.75 Å². The fraction of sp³-hybridized carbons (Fsp3) is 0.269. The van der Waals surface area contributed by atoms with Crippen LogP contribution < -0.4 is 25.6 Å². The zero-order chi connectivity index (χ0) is 23.8. The van der Waals surface area contributed by atoms with Crippen molar-refractivity contribution in [2.75, 3.05) is 35.7 Å². The molecule has 0 bridgehead atoms. The third-order valence-electron chi connectivity index (χ3n) is 5.72. The first-order chi connectivity index (χ1) is 16.6. The van der Waals surface area contributed by atoms with E-state index in [2.05, 4.69) is 25.8 Å².